The lowest BCUT2D eigenvalue weighted by Gasteiger charge is -2.13. The molecule has 4 heteroatoms. The molecule has 112 valence electrons. The summed E-state index contributed by atoms with van der Waals surface area (Å²) in [7, 11) is 1.62. The molecule has 0 radical (unpaired) electrons. The smallest absolute Gasteiger partial charge is 0.222 e. The summed E-state index contributed by atoms with van der Waals surface area (Å²) in [6.45, 7) is 4.07. The maximum absolute atomic E-state index is 5.98. The molecule has 0 aliphatic rings. The molecule has 0 saturated carbocycles. The Morgan fingerprint density at radius 3 is 2.57 bits per heavy atom. The molecule has 0 saturated heterocycles. The molecule has 1 heterocycles. The molecule has 0 aliphatic carbocycles. The largest absolute Gasteiger partial charge is 0.493 e. The zero-order valence-electron chi connectivity index (χ0n) is 12.8. The van der Waals surface area contributed by atoms with Crippen LogP contribution in [0.4, 0.5) is 0 Å². The molecule has 1 atom stereocenters. The van der Waals surface area contributed by atoms with Gasteiger partial charge in [0.25, 0.3) is 0 Å². The fourth-order valence-corrected chi connectivity index (χ4v) is 2.09. The SMILES string of the molecule is CCC(N)Cc1cnc(Oc2ccccc2OC)c(C)c1. The van der Waals surface area contributed by atoms with Gasteiger partial charge >= 0.3 is 0 Å². The van der Waals surface area contributed by atoms with Crippen LogP contribution >= 0.6 is 0 Å². The zero-order chi connectivity index (χ0) is 15.2. The minimum absolute atomic E-state index is 0.173. The van der Waals surface area contributed by atoms with Gasteiger partial charge in [-0.15, -0.1) is 0 Å². The second kappa shape index (κ2) is 7.09. The summed E-state index contributed by atoms with van der Waals surface area (Å²) in [6, 6.07) is 9.78. The van der Waals surface area contributed by atoms with Gasteiger partial charge in [0.2, 0.25) is 5.88 Å². The van der Waals surface area contributed by atoms with Crippen molar-refractivity contribution in [1.29, 1.82) is 0 Å². The fraction of sp³-hybridized carbons (Fsp3) is 0.353. The first kappa shape index (κ1) is 15.3. The number of pyridine rings is 1. The third-order valence-corrected chi connectivity index (χ3v) is 3.38. The molecular weight excluding hydrogens is 264 g/mol. The second-order valence-electron chi connectivity index (χ2n) is 5.09. The molecule has 2 rings (SSSR count). The van der Waals surface area contributed by atoms with Crippen molar-refractivity contribution in [3.63, 3.8) is 0 Å². The van der Waals surface area contributed by atoms with E-state index in [0.717, 1.165) is 24.0 Å². The second-order valence-corrected chi connectivity index (χ2v) is 5.09. The maximum atomic E-state index is 5.98. The third-order valence-electron chi connectivity index (χ3n) is 3.38. The van der Waals surface area contributed by atoms with Gasteiger partial charge in [-0.25, -0.2) is 4.98 Å². The van der Waals surface area contributed by atoms with Gasteiger partial charge in [0, 0.05) is 17.8 Å². The van der Waals surface area contributed by atoms with Crippen molar-refractivity contribution in [2.75, 3.05) is 7.11 Å². The summed E-state index contributed by atoms with van der Waals surface area (Å²) in [4.78, 5) is 4.40. The Hall–Kier alpha value is -2.07. The van der Waals surface area contributed by atoms with E-state index in [4.69, 9.17) is 15.2 Å². The standard InChI is InChI=1S/C17H22N2O2/c1-4-14(18)10-13-9-12(2)17(19-11-13)21-16-8-6-5-7-15(16)20-3/h5-9,11,14H,4,10,18H2,1-3H3. The van der Waals surface area contributed by atoms with E-state index >= 15 is 0 Å². The Kier molecular flexibility index (Phi) is 5.17. The van der Waals surface area contributed by atoms with E-state index < -0.39 is 0 Å². The highest BCUT2D eigenvalue weighted by atomic mass is 16.5. The van der Waals surface area contributed by atoms with Crippen LogP contribution < -0.4 is 15.2 Å². The lowest BCUT2D eigenvalue weighted by Crippen LogP contribution is -2.21. The van der Waals surface area contributed by atoms with Crippen LogP contribution in [0.15, 0.2) is 36.5 Å². The van der Waals surface area contributed by atoms with Crippen LogP contribution in [0.3, 0.4) is 0 Å². The number of para-hydroxylation sites is 2. The fourth-order valence-electron chi connectivity index (χ4n) is 2.09. The van der Waals surface area contributed by atoms with E-state index in [1.165, 1.54) is 0 Å². The Morgan fingerprint density at radius 1 is 1.24 bits per heavy atom. The van der Waals surface area contributed by atoms with Crippen molar-refractivity contribution in [3.05, 3.63) is 47.7 Å². The summed E-state index contributed by atoms with van der Waals surface area (Å²) < 4.78 is 11.1. The van der Waals surface area contributed by atoms with Crippen LogP contribution in [0.25, 0.3) is 0 Å². The van der Waals surface area contributed by atoms with Crippen LogP contribution in [-0.2, 0) is 6.42 Å². The average Bonchev–Trinajstić information content (AvgIpc) is 2.50. The Balaban J connectivity index is 2.17. The Bertz CT molecular complexity index is 599. The first-order valence-electron chi connectivity index (χ1n) is 7.16. The van der Waals surface area contributed by atoms with Gasteiger partial charge in [-0.2, -0.15) is 0 Å². The predicted octanol–water partition coefficient (Wildman–Crippen LogP) is 3.47. The van der Waals surface area contributed by atoms with E-state index in [2.05, 4.69) is 18.0 Å². The molecule has 2 N–H and O–H groups in total. The lowest BCUT2D eigenvalue weighted by atomic mass is 10.1. The van der Waals surface area contributed by atoms with Crippen LogP contribution in [-0.4, -0.2) is 18.1 Å². The molecule has 0 amide bonds. The topological polar surface area (TPSA) is 57.4 Å². The van der Waals surface area contributed by atoms with E-state index in [-0.39, 0.29) is 6.04 Å². The number of benzene rings is 1. The van der Waals surface area contributed by atoms with Crippen molar-refractivity contribution in [1.82, 2.24) is 4.98 Å². The molecule has 1 aromatic heterocycles. The molecule has 0 bridgehead atoms. The van der Waals surface area contributed by atoms with Crippen LogP contribution in [0.1, 0.15) is 24.5 Å². The highest BCUT2D eigenvalue weighted by Crippen LogP contribution is 2.31. The van der Waals surface area contributed by atoms with Gasteiger partial charge in [-0.1, -0.05) is 19.1 Å². The normalized spacial score (nSPS) is 12.0. The number of hydrogen-bond acceptors (Lipinski definition) is 4. The predicted molar refractivity (Wildman–Crippen MR) is 84.0 cm³/mol. The molecule has 1 aromatic carbocycles. The highest BCUT2D eigenvalue weighted by molar-refractivity contribution is 5.43. The van der Waals surface area contributed by atoms with Gasteiger partial charge in [0.15, 0.2) is 11.5 Å². The monoisotopic (exact) mass is 286 g/mol. The lowest BCUT2D eigenvalue weighted by molar-refractivity contribution is 0.373. The molecule has 0 aliphatic heterocycles. The Labute approximate surface area is 125 Å². The van der Waals surface area contributed by atoms with Gasteiger partial charge < -0.3 is 15.2 Å². The van der Waals surface area contributed by atoms with E-state index in [9.17, 15) is 0 Å². The molecular formula is C17H22N2O2. The zero-order valence-corrected chi connectivity index (χ0v) is 12.8. The summed E-state index contributed by atoms with van der Waals surface area (Å²) >= 11 is 0. The molecule has 1 unspecified atom stereocenters. The molecule has 21 heavy (non-hydrogen) atoms. The first-order valence-corrected chi connectivity index (χ1v) is 7.16. The van der Waals surface area contributed by atoms with Gasteiger partial charge in [-0.05, 0) is 43.5 Å². The van der Waals surface area contributed by atoms with Crippen LogP contribution in [0.5, 0.6) is 17.4 Å². The van der Waals surface area contributed by atoms with Crippen molar-refractivity contribution in [2.45, 2.75) is 32.7 Å². The van der Waals surface area contributed by atoms with Gasteiger partial charge in [0.1, 0.15) is 0 Å². The number of hydrogen-bond donors (Lipinski definition) is 1. The summed E-state index contributed by atoms with van der Waals surface area (Å²) in [5.74, 6) is 1.94. The minimum atomic E-state index is 0.173. The van der Waals surface area contributed by atoms with Crippen molar-refractivity contribution >= 4 is 0 Å². The number of aryl methyl sites for hydroxylation is 1. The third kappa shape index (κ3) is 3.95. The summed E-state index contributed by atoms with van der Waals surface area (Å²) in [5, 5.41) is 0. The number of nitrogens with two attached hydrogens (primary N) is 1. The van der Waals surface area contributed by atoms with E-state index in [1.54, 1.807) is 7.11 Å². The average molecular weight is 286 g/mol. The van der Waals surface area contributed by atoms with Gasteiger partial charge in [-0.3, -0.25) is 0 Å². The van der Waals surface area contributed by atoms with Crippen molar-refractivity contribution < 1.29 is 9.47 Å². The van der Waals surface area contributed by atoms with Gasteiger partial charge in [0.05, 0.1) is 7.11 Å². The summed E-state index contributed by atoms with van der Waals surface area (Å²) in [5.41, 5.74) is 8.10. The van der Waals surface area contributed by atoms with Crippen LogP contribution in [0.2, 0.25) is 0 Å². The number of nitrogens with zero attached hydrogens (tertiary/aromatic N) is 1. The maximum Gasteiger partial charge on any atom is 0.222 e. The van der Waals surface area contributed by atoms with Crippen molar-refractivity contribution in [2.24, 2.45) is 5.73 Å². The van der Waals surface area contributed by atoms with Crippen molar-refractivity contribution in [3.8, 4) is 17.4 Å². The number of rotatable bonds is 6. The molecule has 2 aromatic rings. The highest BCUT2D eigenvalue weighted by Gasteiger charge is 2.09. The van der Waals surface area contributed by atoms with E-state index in [1.807, 2.05) is 37.4 Å². The molecule has 4 nitrogen and oxygen atoms in total. The number of methoxy groups -OCH3 is 1. The minimum Gasteiger partial charge on any atom is -0.493 e. The molecule has 0 fully saturated rings. The first-order chi connectivity index (χ1) is 10.1. The van der Waals surface area contributed by atoms with Crippen LogP contribution in [0, 0.1) is 6.92 Å². The number of aromatic nitrogens is 1. The summed E-state index contributed by atoms with van der Waals surface area (Å²) in [6.07, 6.45) is 3.62. The molecule has 0 spiro atoms. The van der Waals surface area contributed by atoms with E-state index in [0.29, 0.717) is 17.4 Å². The number of ether oxygens (including phenoxy) is 2. The quantitative estimate of drug-likeness (QED) is 0.883. The Morgan fingerprint density at radius 2 is 1.95 bits per heavy atom.